The SMILES string of the molecule is CC(C)(CCO)CNS(=O)(=O)c1ccc2ccccc2c1. The van der Waals surface area contributed by atoms with E-state index < -0.39 is 10.0 Å². The second kappa shape index (κ2) is 6.13. The summed E-state index contributed by atoms with van der Waals surface area (Å²) in [5.41, 5.74) is -0.279. The Hall–Kier alpha value is -1.43. The quantitative estimate of drug-likeness (QED) is 0.862. The fourth-order valence-electron chi connectivity index (χ4n) is 2.10. The number of benzene rings is 2. The number of sulfonamides is 1. The Balaban J connectivity index is 2.21. The summed E-state index contributed by atoms with van der Waals surface area (Å²) in [6, 6.07) is 12.7. The predicted octanol–water partition coefficient (Wildman–Crippen LogP) is 2.53. The van der Waals surface area contributed by atoms with Crippen LogP contribution in [0.15, 0.2) is 47.4 Å². The lowest BCUT2D eigenvalue weighted by Gasteiger charge is -2.23. The summed E-state index contributed by atoms with van der Waals surface area (Å²) in [7, 11) is -3.53. The maximum Gasteiger partial charge on any atom is 0.240 e. The van der Waals surface area contributed by atoms with Gasteiger partial charge in [-0.3, -0.25) is 0 Å². The van der Waals surface area contributed by atoms with Crippen LogP contribution in [-0.4, -0.2) is 26.7 Å². The zero-order chi connectivity index (χ0) is 15.5. The third kappa shape index (κ3) is 4.03. The predicted molar refractivity (Wildman–Crippen MR) is 84.6 cm³/mol. The maximum absolute atomic E-state index is 12.4. The molecule has 2 aromatic rings. The molecule has 5 heteroatoms. The Morgan fingerprint density at radius 1 is 1.10 bits per heavy atom. The van der Waals surface area contributed by atoms with E-state index in [0.29, 0.717) is 13.0 Å². The van der Waals surface area contributed by atoms with E-state index >= 15 is 0 Å². The van der Waals surface area contributed by atoms with Crippen molar-refractivity contribution in [2.24, 2.45) is 5.41 Å². The summed E-state index contributed by atoms with van der Waals surface area (Å²) in [6.07, 6.45) is 0.549. The Kier molecular flexibility index (Phi) is 4.66. The van der Waals surface area contributed by atoms with Crippen LogP contribution in [0.5, 0.6) is 0 Å². The molecule has 114 valence electrons. The van der Waals surface area contributed by atoms with Gasteiger partial charge < -0.3 is 5.11 Å². The van der Waals surface area contributed by atoms with Gasteiger partial charge in [0.25, 0.3) is 0 Å². The van der Waals surface area contributed by atoms with Crippen molar-refractivity contribution >= 4 is 20.8 Å². The molecule has 0 bridgehead atoms. The number of aliphatic hydroxyl groups excluding tert-OH is 1. The lowest BCUT2D eigenvalue weighted by Crippen LogP contribution is -2.34. The van der Waals surface area contributed by atoms with Crippen LogP contribution in [-0.2, 0) is 10.0 Å². The van der Waals surface area contributed by atoms with E-state index in [4.69, 9.17) is 5.11 Å². The van der Waals surface area contributed by atoms with E-state index in [-0.39, 0.29) is 16.9 Å². The van der Waals surface area contributed by atoms with Gasteiger partial charge in [-0.25, -0.2) is 13.1 Å². The first-order chi connectivity index (χ1) is 9.84. The molecule has 21 heavy (non-hydrogen) atoms. The van der Waals surface area contributed by atoms with Crippen LogP contribution >= 0.6 is 0 Å². The number of hydrogen-bond acceptors (Lipinski definition) is 3. The van der Waals surface area contributed by atoms with Crippen molar-refractivity contribution in [2.75, 3.05) is 13.2 Å². The summed E-state index contributed by atoms with van der Waals surface area (Å²) in [6.45, 7) is 4.19. The molecule has 0 amide bonds. The molecule has 2 N–H and O–H groups in total. The highest BCUT2D eigenvalue weighted by Crippen LogP contribution is 2.21. The Labute approximate surface area is 125 Å². The number of nitrogens with one attached hydrogen (secondary N) is 1. The lowest BCUT2D eigenvalue weighted by molar-refractivity contribution is 0.213. The van der Waals surface area contributed by atoms with Crippen LogP contribution in [0.1, 0.15) is 20.3 Å². The molecule has 0 fully saturated rings. The van der Waals surface area contributed by atoms with E-state index in [2.05, 4.69) is 4.72 Å². The van der Waals surface area contributed by atoms with Crippen molar-refractivity contribution < 1.29 is 13.5 Å². The van der Waals surface area contributed by atoms with E-state index in [9.17, 15) is 8.42 Å². The molecule has 0 aliphatic carbocycles. The van der Waals surface area contributed by atoms with Gasteiger partial charge in [-0.1, -0.05) is 44.2 Å². The van der Waals surface area contributed by atoms with E-state index in [1.54, 1.807) is 12.1 Å². The summed E-state index contributed by atoms with van der Waals surface area (Å²) in [4.78, 5) is 0.265. The maximum atomic E-state index is 12.4. The van der Waals surface area contributed by atoms with Crippen LogP contribution in [0, 0.1) is 5.41 Å². The minimum atomic E-state index is -3.53. The summed E-state index contributed by atoms with van der Waals surface area (Å²) < 4.78 is 27.3. The molecule has 0 aromatic heterocycles. The van der Waals surface area contributed by atoms with Gasteiger partial charge in [-0.15, -0.1) is 0 Å². The lowest BCUT2D eigenvalue weighted by atomic mass is 9.90. The molecule has 0 heterocycles. The van der Waals surface area contributed by atoms with Gasteiger partial charge in [0.1, 0.15) is 0 Å². The zero-order valence-corrected chi connectivity index (χ0v) is 13.2. The molecular formula is C16H21NO3S. The minimum Gasteiger partial charge on any atom is -0.396 e. The Morgan fingerprint density at radius 2 is 1.76 bits per heavy atom. The van der Waals surface area contributed by atoms with Crippen LogP contribution < -0.4 is 4.72 Å². The number of hydrogen-bond donors (Lipinski definition) is 2. The number of aliphatic hydroxyl groups is 1. The molecular weight excluding hydrogens is 286 g/mol. The average molecular weight is 307 g/mol. The van der Waals surface area contributed by atoms with Crippen molar-refractivity contribution in [3.63, 3.8) is 0 Å². The fourth-order valence-corrected chi connectivity index (χ4v) is 3.38. The average Bonchev–Trinajstić information content (AvgIpc) is 2.45. The molecule has 2 rings (SSSR count). The first-order valence-corrected chi connectivity index (χ1v) is 8.42. The third-order valence-electron chi connectivity index (χ3n) is 3.56. The highest BCUT2D eigenvalue weighted by molar-refractivity contribution is 7.89. The molecule has 0 radical (unpaired) electrons. The molecule has 0 saturated heterocycles. The zero-order valence-electron chi connectivity index (χ0n) is 12.3. The van der Waals surface area contributed by atoms with Gasteiger partial charge in [-0.2, -0.15) is 0 Å². The smallest absolute Gasteiger partial charge is 0.240 e. The van der Waals surface area contributed by atoms with Gasteiger partial charge in [0.05, 0.1) is 4.90 Å². The number of rotatable bonds is 6. The minimum absolute atomic E-state index is 0.0463. The fraction of sp³-hybridized carbons (Fsp3) is 0.375. The summed E-state index contributed by atoms with van der Waals surface area (Å²) in [5.74, 6) is 0. The van der Waals surface area contributed by atoms with Crippen molar-refractivity contribution in [1.29, 1.82) is 0 Å². The van der Waals surface area contributed by atoms with Gasteiger partial charge in [0, 0.05) is 13.2 Å². The molecule has 0 atom stereocenters. The Morgan fingerprint density at radius 3 is 2.43 bits per heavy atom. The summed E-state index contributed by atoms with van der Waals surface area (Å²) in [5, 5.41) is 10.9. The highest BCUT2D eigenvalue weighted by atomic mass is 32.2. The van der Waals surface area contributed by atoms with E-state index in [1.165, 1.54) is 0 Å². The van der Waals surface area contributed by atoms with Gasteiger partial charge in [0.2, 0.25) is 10.0 Å². The highest BCUT2D eigenvalue weighted by Gasteiger charge is 2.22. The molecule has 0 unspecified atom stereocenters. The first-order valence-electron chi connectivity index (χ1n) is 6.93. The molecule has 0 aliphatic heterocycles. The largest absolute Gasteiger partial charge is 0.396 e. The van der Waals surface area contributed by atoms with Gasteiger partial charge >= 0.3 is 0 Å². The molecule has 0 spiro atoms. The standard InChI is InChI=1S/C16H21NO3S/c1-16(2,9-10-18)12-17-21(19,20)15-8-7-13-5-3-4-6-14(13)11-15/h3-8,11,17-18H,9-10,12H2,1-2H3. The van der Waals surface area contributed by atoms with Crippen LogP contribution in [0.3, 0.4) is 0 Å². The Bertz CT molecular complexity index is 723. The molecule has 4 nitrogen and oxygen atoms in total. The van der Waals surface area contributed by atoms with E-state index in [0.717, 1.165) is 10.8 Å². The molecule has 0 aliphatic rings. The monoisotopic (exact) mass is 307 g/mol. The third-order valence-corrected chi connectivity index (χ3v) is 4.96. The van der Waals surface area contributed by atoms with Crippen molar-refractivity contribution in [3.05, 3.63) is 42.5 Å². The van der Waals surface area contributed by atoms with Crippen LogP contribution in [0.4, 0.5) is 0 Å². The second-order valence-electron chi connectivity index (χ2n) is 5.97. The van der Waals surface area contributed by atoms with Crippen LogP contribution in [0.2, 0.25) is 0 Å². The normalized spacial score (nSPS) is 12.7. The molecule has 2 aromatic carbocycles. The van der Waals surface area contributed by atoms with Crippen molar-refractivity contribution in [3.8, 4) is 0 Å². The van der Waals surface area contributed by atoms with Gasteiger partial charge in [0.15, 0.2) is 0 Å². The summed E-state index contributed by atoms with van der Waals surface area (Å²) >= 11 is 0. The van der Waals surface area contributed by atoms with E-state index in [1.807, 2.05) is 44.2 Å². The van der Waals surface area contributed by atoms with Crippen LogP contribution in [0.25, 0.3) is 10.8 Å². The first kappa shape index (κ1) is 15.9. The second-order valence-corrected chi connectivity index (χ2v) is 7.74. The van der Waals surface area contributed by atoms with Crippen molar-refractivity contribution in [1.82, 2.24) is 4.72 Å². The van der Waals surface area contributed by atoms with Gasteiger partial charge in [-0.05, 0) is 34.7 Å². The number of fused-ring (bicyclic) bond motifs is 1. The van der Waals surface area contributed by atoms with Crippen molar-refractivity contribution in [2.45, 2.75) is 25.2 Å². The molecule has 0 saturated carbocycles. The topological polar surface area (TPSA) is 66.4 Å².